The third-order valence-electron chi connectivity index (χ3n) is 3.83. The summed E-state index contributed by atoms with van der Waals surface area (Å²) in [5.41, 5.74) is -0.172. The lowest BCUT2D eigenvalue weighted by Crippen LogP contribution is -2.31. The molecule has 0 fully saturated rings. The van der Waals surface area contributed by atoms with Crippen molar-refractivity contribution >= 4 is 23.3 Å². The van der Waals surface area contributed by atoms with Gasteiger partial charge in [-0.3, -0.25) is 0 Å². The van der Waals surface area contributed by atoms with Crippen molar-refractivity contribution in [3.05, 3.63) is 78.0 Å². The van der Waals surface area contributed by atoms with Gasteiger partial charge >= 0.3 is 6.18 Å². The van der Waals surface area contributed by atoms with Crippen molar-refractivity contribution in [3.8, 4) is 11.6 Å². The van der Waals surface area contributed by atoms with Crippen molar-refractivity contribution in [2.75, 3.05) is 5.32 Å². The Hall–Kier alpha value is -3.20. The maximum absolute atomic E-state index is 13.2. The van der Waals surface area contributed by atoms with Gasteiger partial charge in [-0.05, 0) is 36.8 Å². The van der Waals surface area contributed by atoms with Crippen LogP contribution < -0.4 is 15.4 Å². The van der Waals surface area contributed by atoms with Gasteiger partial charge in [0, 0.05) is 6.07 Å². The van der Waals surface area contributed by atoms with E-state index in [2.05, 4.69) is 20.6 Å². The number of anilines is 1. The first-order valence-corrected chi connectivity index (χ1v) is 9.04. The molecular weight excluding hydrogens is 401 g/mol. The summed E-state index contributed by atoms with van der Waals surface area (Å²) in [4.78, 5) is 7.50. The molecule has 0 aliphatic heterocycles. The number of thiocarbonyl (C=S) groups is 1. The SMILES string of the molecule is C[C@H](NC(=S)Nc1nc(Oc2ccccc2)cc(C(F)(F)F)n1)c1ccccc1. The van der Waals surface area contributed by atoms with Crippen LogP contribution in [0.15, 0.2) is 66.7 Å². The molecule has 1 heterocycles. The number of hydrogen-bond acceptors (Lipinski definition) is 4. The number of alkyl halides is 3. The molecule has 150 valence electrons. The summed E-state index contributed by atoms with van der Waals surface area (Å²) in [5, 5.41) is 5.68. The van der Waals surface area contributed by atoms with Gasteiger partial charge in [0.2, 0.25) is 11.8 Å². The van der Waals surface area contributed by atoms with Gasteiger partial charge in [-0.2, -0.15) is 18.2 Å². The fourth-order valence-corrected chi connectivity index (χ4v) is 2.72. The van der Waals surface area contributed by atoms with Crippen LogP contribution in [0.4, 0.5) is 19.1 Å². The highest BCUT2D eigenvalue weighted by atomic mass is 32.1. The van der Waals surface area contributed by atoms with E-state index in [1.54, 1.807) is 30.3 Å². The second-order valence-electron chi connectivity index (χ2n) is 6.06. The quantitative estimate of drug-likeness (QED) is 0.546. The monoisotopic (exact) mass is 418 g/mol. The van der Waals surface area contributed by atoms with Crippen LogP contribution >= 0.6 is 12.2 Å². The summed E-state index contributed by atoms with van der Waals surface area (Å²) >= 11 is 5.20. The number of ether oxygens (including phenoxy) is 1. The highest BCUT2D eigenvalue weighted by molar-refractivity contribution is 7.80. The molecule has 9 heteroatoms. The van der Waals surface area contributed by atoms with Crippen molar-refractivity contribution in [3.63, 3.8) is 0 Å². The van der Waals surface area contributed by atoms with Crippen molar-refractivity contribution in [1.82, 2.24) is 15.3 Å². The molecule has 0 saturated carbocycles. The fourth-order valence-electron chi connectivity index (χ4n) is 2.45. The average molecular weight is 418 g/mol. The van der Waals surface area contributed by atoms with E-state index in [0.29, 0.717) is 5.75 Å². The predicted octanol–water partition coefficient (Wildman–Crippen LogP) is 5.34. The van der Waals surface area contributed by atoms with E-state index >= 15 is 0 Å². The summed E-state index contributed by atoms with van der Waals surface area (Å²) in [6.07, 6.45) is -4.67. The number of rotatable bonds is 5. The molecule has 29 heavy (non-hydrogen) atoms. The lowest BCUT2D eigenvalue weighted by Gasteiger charge is -2.17. The Morgan fingerprint density at radius 3 is 2.24 bits per heavy atom. The van der Waals surface area contributed by atoms with E-state index in [1.807, 2.05) is 37.3 Å². The second-order valence-corrected chi connectivity index (χ2v) is 6.47. The van der Waals surface area contributed by atoms with Gasteiger partial charge in [0.25, 0.3) is 0 Å². The van der Waals surface area contributed by atoms with E-state index in [0.717, 1.165) is 11.6 Å². The van der Waals surface area contributed by atoms with Gasteiger partial charge in [-0.25, -0.2) is 4.98 Å². The second kappa shape index (κ2) is 8.87. The van der Waals surface area contributed by atoms with Crippen LogP contribution in [0.1, 0.15) is 24.2 Å². The zero-order chi connectivity index (χ0) is 20.9. The summed E-state index contributed by atoms with van der Waals surface area (Å²) in [6, 6.07) is 18.4. The standard InChI is InChI=1S/C20H17F3N4OS/c1-13(14-8-4-2-5-9-14)24-19(29)27-18-25-16(20(21,22)23)12-17(26-18)28-15-10-6-3-7-11-15/h2-13H,1H3,(H2,24,25,26,27,29)/t13-/m0/s1. The normalized spacial score (nSPS) is 12.1. The maximum Gasteiger partial charge on any atom is 0.433 e. The minimum absolute atomic E-state index is 0.0892. The van der Waals surface area contributed by atoms with Crippen molar-refractivity contribution < 1.29 is 17.9 Å². The Balaban J connectivity index is 1.78. The Labute approximate surface area is 171 Å². The van der Waals surface area contributed by atoms with E-state index in [4.69, 9.17) is 17.0 Å². The van der Waals surface area contributed by atoms with Crippen molar-refractivity contribution in [2.45, 2.75) is 19.1 Å². The van der Waals surface area contributed by atoms with Crippen molar-refractivity contribution in [2.24, 2.45) is 0 Å². The number of aromatic nitrogens is 2. The topological polar surface area (TPSA) is 59.1 Å². The van der Waals surface area contributed by atoms with Crippen LogP contribution in [-0.4, -0.2) is 15.1 Å². The number of nitrogens with one attached hydrogen (secondary N) is 2. The van der Waals surface area contributed by atoms with E-state index < -0.39 is 11.9 Å². The first-order valence-electron chi connectivity index (χ1n) is 8.63. The largest absolute Gasteiger partial charge is 0.439 e. The molecule has 0 amide bonds. The lowest BCUT2D eigenvalue weighted by atomic mass is 10.1. The molecule has 2 N–H and O–H groups in total. The molecule has 1 atom stereocenters. The van der Waals surface area contributed by atoms with Gasteiger partial charge in [-0.1, -0.05) is 48.5 Å². The van der Waals surface area contributed by atoms with E-state index in [-0.39, 0.29) is 23.0 Å². The van der Waals surface area contributed by atoms with E-state index in [9.17, 15) is 13.2 Å². The first-order chi connectivity index (χ1) is 13.8. The maximum atomic E-state index is 13.2. The smallest absolute Gasteiger partial charge is 0.433 e. The predicted molar refractivity (Wildman–Crippen MR) is 108 cm³/mol. The third kappa shape index (κ3) is 5.89. The van der Waals surface area contributed by atoms with Gasteiger partial charge in [0.05, 0.1) is 6.04 Å². The molecule has 0 unspecified atom stereocenters. The van der Waals surface area contributed by atoms with Crippen LogP contribution in [-0.2, 0) is 6.18 Å². The fraction of sp³-hybridized carbons (Fsp3) is 0.150. The van der Waals surface area contributed by atoms with Gasteiger partial charge in [-0.15, -0.1) is 0 Å². The lowest BCUT2D eigenvalue weighted by molar-refractivity contribution is -0.141. The Bertz CT molecular complexity index is 968. The molecule has 0 saturated heterocycles. The van der Waals surface area contributed by atoms with Gasteiger partial charge in [0.1, 0.15) is 5.75 Å². The molecule has 5 nitrogen and oxygen atoms in total. The zero-order valence-corrected chi connectivity index (χ0v) is 16.1. The minimum Gasteiger partial charge on any atom is -0.439 e. The molecule has 0 aliphatic carbocycles. The Kier molecular flexibility index (Phi) is 6.28. The minimum atomic E-state index is -4.67. The van der Waals surface area contributed by atoms with E-state index in [1.165, 1.54) is 0 Å². The number of para-hydroxylation sites is 1. The highest BCUT2D eigenvalue weighted by Crippen LogP contribution is 2.31. The highest BCUT2D eigenvalue weighted by Gasteiger charge is 2.34. The molecule has 1 aromatic heterocycles. The first kappa shape index (κ1) is 20.5. The molecule has 2 aromatic carbocycles. The number of halogens is 3. The molecule has 3 rings (SSSR count). The molecule has 0 aliphatic rings. The van der Waals surface area contributed by atoms with Crippen LogP contribution in [0, 0.1) is 0 Å². The summed E-state index contributed by atoms with van der Waals surface area (Å²) in [7, 11) is 0. The molecule has 3 aromatic rings. The van der Waals surface area contributed by atoms with Crippen LogP contribution in [0.25, 0.3) is 0 Å². The Morgan fingerprint density at radius 2 is 1.62 bits per heavy atom. The van der Waals surface area contributed by atoms with Gasteiger partial charge in [0.15, 0.2) is 10.8 Å². The van der Waals surface area contributed by atoms with Crippen molar-refractivity contribution in [1.29, 1.82) is 0 Å². The number of hydrogen-bond donors (Lipinski definition) is 2. The van der Waals surface area contributed by atoms with Crippen LogP contribution in [0.3, 0.4) is 0 Å². The van der Waals surface area contributed by atoms with Gasteiger partial charge < -0.3 is 15.4 Å². The van der Waals surface area contributed by atoms with Crippen LogP contribution in [0.2, 0.25) is 0 Å². The van der Waals surface area contributed by atoms with Crippen LogP contribution in [0.5, 0.6) is 11.6 Å². The molecule has 0 spiro atoms. The summed E-state index contributed by atoms with van der Waals surface area (Å²) < 4.78 is 45.1. The number of benzene rings is 2. The summed E-state index contributed by atoms with van der Waals surface area (Å²) in [6.45, 7) is 1.88. The number of nitrogens with zero attached hydrogens (tertiary/aromatic N) is 2. The molecule has 0 bridgehead atoms. The molecular formula is C20H17F3N4OS. The molecule has 0 radical (unpaired) electrons. The summed E-state index contributed by atoms with van der Waals surface area (Å²) in [5.74, 6) is -0.216. The Morgan fingerprint density at radius 1 is 1.00 bits per heavy atom. The zero-order valence-electron chi connectivity index (χ0n) is 15.3. The third-order valence-corrected chi connectivity index (χ3v) is 4.05. The average Bonchev–Trinajstić information content (AvgIpc) is 2.68.